The van der Waals surface area contributed by atoms with E-state index in [1.807, 2.05) is 94.7 Å². The van der Waals surface area contributed by atoms with Crippen LogP contribution >= 0.6 is 0 Å². The van der Waals surface area contributed by atoms with Gasteiger partial charge in [0.25, 0.3) is 0 Å². The number of halogens is 2. The molecule has 0 amide bonds. The second-order valence-corrected chi connectivity index (χ2v) is 13.3. The van der Waals surface area contributed by atoms with Gasteiger partial charge in [-0.1, -0.05) is 109 Å². The molecule has 0 aliphatic heterocycles. The Hall–Kier alpha value is -6.78. The predicted molar refractivity (Wildman–Crippen MR) is 215 cm³/mol. The second-order valence-electron chi connectivity index (χ2n) is 13.3. The smallest absolute Gasteiger partial charge is 0.147 e. The predicted octanol–water partition coefficient (Wildman–Crippen LogP) is 13.8. The first-order chi connectivity index (χ1) is 26.1. The van der Waals surface area contributed by atoms with E-state index in [1.54, 1.807) is 12.1 Å². The Balaban J connectivity index is 1.02. The van der Waals surface area contributed by atoms with Crippen molar-refractivity contribution in [2.75, 3.05) is 9.80 Å². The zero-order valence-electron chi connectivity index (χ0n) is 28.8. The third-order valence-electron chi connectivity index (χ3n) is 10.0. The lowest BCUT2D eigenvalue weighted by atomic mass is 9.96. The molecule has 0 radical (unpaired) electrons. The number of rotatable bonds is 8. The molecule has 0 heterocycles. The van der Waals surface area contributed by atoms with Crippen molar-refractivity contribution < 1.29 is 8.78 Å². The lowest BCUT2D eigenvalue weighted by Crippen LogP contribution is -2.11. The number of hydrogen-bond acceptors (Lipinski definition) is 2. The van der Waals surface area contributed by atoms with Crippen molar-refractivity contribution in [3.05, 3.63) is 217 Å². The van der Waals surface area contributed by atoms with Gasteiger partial charge in [0.05, 0.1) is 11.4 Å². The number of hydrogen-bond donors (Lipinski definition) is 0. The molecule has 9 rings (SSSR count). The van der Waals surface area contributed by atoms with E-state index >= 15 is 8.78 Å². The first-order valence-corrected chi connectivity index (χ1v) is 17.8. The third-order valence-corrected chi connectivity index (χ3v) is 10.0. The molecule has 1 aliphatic rings. The number of anilines is 6. The quantitative estimate of drug-likeness (QED) is 0.157. The fourth-order valence-corrected chi connectivity index (χ4v) is 7.41. The van der Waals surface area contributed by atoms with Gasteiger partial charge in [0.2, 0.25) is 0 Å². The van der Waals surface area contributed by atoms with Crippen molar-refractivity contribution >= 4 is 34.1 Å². The summed E-state index contributed by atoms with van der Waals surface area (Å²) < 4.78 is 30.2. The molecule has 0 N–H and O–H groups in total. The molecule has 53 heavy (non-hydrogen) atoms. The summed E-state index contributed by atoms with van der Waals surface area (Å²) in [4.78, 5) is 3.90. The van der Waals surface area contributed by atoms with Gasteiger partial charge >= 0.3 is 0 Å². The Morgan fingerprint density at radius 1 is 0.321 bits per heavy atom. The minimum Gasteiger partial charge on any atom is -0.308 e. The summed E-state index contributed by atoms with van der Waals surface area (Å²) >= 11 is 0. The van der Waals surface area contributed by atoms with Crippen LogP contribution in [0, 0.1) is 11.6 Å². The van der Waals surface area contributed by atoms with Crippen molar-refractivity contribution in [2.45, 2.75) is 6.42 Å². The third kappa shape index (κ3) is 6.15. The summed E-state index contributed by atoms with van der Waals surface area (Å²) in [5, 5.41) is 0. The van der Waals surface area contributed by atoms with Crippen LogP contribution in [0.3, 0.4) is 0 Å². The molecule has 4 heteroatoms. The highest BCUT2D eigenvalue weighted by molar-refractivity contribution is 5.86. The van der Waals surface area contributed by atoms with E-state index in [2.05, 4.69) is 84.9 Å². The average Bonchev–Trinajstić information content (AvgIpc) is 3.58. The van der Waals surface area contributed by atoms with Crippen LogP contribution in [0.5, 0.6) is 0 Å². The molecule has 1 aliphatic carbocycles. The van der Waals surface area contributed by atoms with Crippen LogP contribution in [0.4, 0.5) is 42.9 Å². The number of fused-ring (bicyclic) bond motifs is 3. The second kappa shape index (κ2) is 13.7. The summed E-state index contributed by atoms with van der Waals surface area (Å²) in [6.45, 7) is 0. The van der Waals surface area contributed by atoms with Gasteiger partial charge in [-0.3, -0.25) is 0 Å². The van der Waals surface area contributed by atoms with Gasteiger partial charge in [-0.2, -0.15) is 0 Å². The Morgan fingerprint density at radius 2 is 0.660 bits per heavy atom. The van der Waals surface area contributed by atoms with Crippen LogP contribution in [0.15, 0.2) is 194 Å². The van der Waals surface area contributed by atoms with Crippen molar-refractivity contribution in [2.24, 2.45) is 0 Å². The molecule has 0 unspecified atom stereocenters. The molecule has 0 saturated heterocycles. The Bertz CT molecular complexity index is 2370. The van der Waals surface area contributed by atoms with E-state index in [0.717, 1.165) is 51.4 Å². The zero-order valence-corrected chi connectivity index (χ0v) is 28.8. The van der Waals surface area contributed by atoms with E-state index in [9.17, 15) is 0 Å². The van der Waals surface area contributed by atoms with E-state index in [1.165, 1.54) is 34.4 Å². The topological polar surface area (TPSA) is 6.48 Å². The molecular formula is C49H34F2N2. The van der Waals surface area contributed by atoms with Gasteiger partial charge in [0.1, 0.15) is 11.6 Å². The molecule has 0 fully saturated rings. The van der Waals surface area contributed by atoms with Gasteiger partial charge in [0, 0.05) is 22.7 Å². The highest BCUT2D eigenvalue weighted by atomic mass is 19.1. The average molecular weight is 689 g/mol. The maximum atomic E-state index is 15.1. The van der Waals surface area contributed by atoms with Crippen LogP contribution in [-0.2, 0) is 6.42 Å². The molecule has 2 nitrogen and oxygen atoms in total. The van der Waals surface area contributed by atoms with E-state index in [-0.39, 0.29) is 11.6 Å². The summed E-state index contributed by atoms with van der Waals surface area (Å²) in [5.41, 5.74) is 14.1. The first kappa shape index (κ1) is 32.1. The van der Waals surface area contributed by atoms with Gasteiger partial charge in [0.15, 0.2) is 0 Å². The monoisotopic (exact) mass is 688 g/mol. The van der Waals surface area contributed by atoms with Gasteiger partial charge in [-0.05, 0) is 136 Å². The van der Waals surface area contributed by atoms with Crippen LogP contribution in [0.2, 0.25) is 0 Å². The molecule has 0 spiro atoms. The maximum Gasteiger partial charge on any atom is 0.147 e. The van der Waals surface area contributed by atoms with Gasteiger partial charge < -0.3 is 9.80 Å². The number of benzene rings is 8. The van der Waals surface area contributed by atoms with Crippen LogP contribution in [0.1, 0.15) is 11.1 Å². The molecular weight excluding hydrogens is 655 g/mol. The van der Waals surface area contributed by atoms with Crippen molar-refractivity contribution in [3.8, 4) is 33.4 Å². The summed E-state index contributed by atoms with van der Waals surface area (Å²) in [7, 11) is 0. The Kier molecular flexibility index (Phi) is 8.33. The first-order valence-electron chi connectivity index (χ1n) is 17.8. The number of nitrogens with zero attached hydrogens (tertiary/aromatic N) is 2. The van der Waals surface area contributed by atoms with Crippen molar-refractivity contribution in [1.29, 1.82) is 0 Å². The summed E-state index contributed by atoms with van der Waals surface area (Å²) in [6, 6.07) is 63.7. The van der Waals surface area contributed by atoms with Crippen molar-refractivity contribution in [3.63, 3.8) is 0 Å². The SMILES string of the molecule is Fc1ccccc1N(c1ccccc1)c1ccc(-c2ccc3c(c2)-c2cc(-c4ccc(N(c5ccccc5)c5ccccc5F)cc4)ccc2C3)cc1. The van der Waals surface area contributed by atoms with E-state index in [4.69, 9.17) is 0 Å². The highest BCUT2D eigenvalue weighted by Crippen LogP contribution is 2.43. The Labute approximate surface area is 308 Å². The van der Waals surface area contributed by atoms with Crippen molar-refractivity contribution in [1.82, 2.24) is 0 Å². The standard InChI is InChI=1S/C49H34F2N2/c50-46-15-7-9-17-48(46)52(40-11-3-1-4-12-40)42-27-23-34(24-28-42)36-19-21-38-31-39-22-20-37(33-45(39)44(38)32-36)35-25-29-43(30-26-35)53(41-13-5-2-6-14-41)49-18-10-8-16-47(49)51/h1-30,32-33H,31H2. The van der Waals surface area contributed by atoms with Gasteiger partial charge in [-0.25, -0.2) is 8.78 Å². The molecule has 0 saturated carbocycles. The minimum atomic E-state index is -0.273. The fourth-order valence-electron chi connectivity index (χ4n) is 7.41. The van der Waals surface area contributed by atoms with Crippen LogP contribution in [-0.4, -0.2) is 0 Å². The molecule has 254 valence electrons. The molecule has 0 atom stereocenters. The summed E-state index contributed by atoms with van der Waals surface area (Å²) in [5.74, 6) is -0.547. The number of para-hydroxylation sites is 4. The minimum absolute atomic E-state index is 0.273. The fraction of sp³-hybridized carbons (Fsp3) is 0.0204. The van der Waals surface area contributed by atoms with Crippen LogP contribution in [0.25, 0.3) is 33.4 Å². The summed E-state index contributed by atoms with van der Waals surface area (Å²) in [6.07, 6.45) is 0.895. The van der Waals surface area contributed by atoms with E-state index in [0.29, 0.717) is 11.4 Å². The lowest BCUT2D eigenvalue weighted by molar-refractivity contribution is 0.628. The van der Waals surface area contributed by atoms with E-state index < -0.39 is 0 Å². The highest BCUT2D eigenvalue weighted by Gasteiger charge is 2.21. The Morgan fingerprint density at radius 3 is 1.06 bits per heavy atom. The van der Waals surface area contributed by atoms with Gasteiger partial charge in [-0.15, -0.1) is 0 Å². The maximum absolute atomic E-state index is 15.1. The lowest BCUT2D eigenvalue weighted by Gasteiger charge is -2.26. The normalized spacial score (nSPS) is 11.5. The molecule has 8 aromatic carbocycles. The van der Waals surface area contributed by atoms with Crippen LogP contribution < -0.4 is 9.80 Å². The molecule has 0 aromatic heterocycles. The largest absolute Gasteiger partial charge is 0.308 e. The molecule has 8 aromatic rings. The molecule has 0 bridgehead atoms. The zero-order chi connectivity index (χ0) is 35.7.